The van der Waals surface area contributed by atoms with E-state index >= 15 is 0 Å². The van der Waals surface area contributed by atoms with Crippen LogP contribution in [0.15, 0.2) is 12.2 Å². The molecule has 1 N–H and O–H groups in total. The summed E-state index contributed by atoms with van der Waals surface area (Å²) >= 11 is 0. The summed E-state index contributed by atoms with van der Waals surface area (Å²) in [5.74, 6) is 1.42. The van der Waals surface area contributed by atoms with Crippen LogP contribution in [0.1, 0.15) is 51.9 Å². The van der Waals surface area contributed by atoms with Crippen molar-refractivity contribution in [1.82, 2.24) is 5.32 Å². The summed E-state index contributed by atoms with van der Waals surface area (Å²) in [7, 11) is 0. The number of hydrogen-bond donors (Lipinski definition) is 1. The number of hydrogen-bond acceptors (Lipinski definition) is 1. The quantitative estimate of drug-likeness (QED) is 0.729. The van der Waals surface area contributed by atoms with Crippen LogP contribution in [0, 0.1) is 11.8 Å². The van der Waals surface area contributed by atoms with Gasteiger partial charge in [-0.25, -0.2) is 0 Å². The Hall–Kier alpha value is -0.790. The summed E-state index contributed by atoms with van der Waals surface area (Å²) in [6.07, 6.45) is 12.5. The molecule has 2 rings (SSSR count). The lowest BCUT2D eigenvalue weighted by Crippen LogP contribution is -2.41. The Morgan fingerprint density at radius 1 is 1.31 bits per heavy atom. The van der Waals surface area contributed by atoms with E-state index in [-0.39, 0.29) is 5.91 Å². The molecule has 0 heterocycles. The van der Waals surface area contributed by atoms with Gasteiger partial charge in [-0.15, -0.1) is 0 Å². The maximum atomic E-state index is 11.9. The molecule has 2 nitrogen and oxygen atoms in total. The summed E-state index contributed by atoms with van der Waals surface area (Å²) in [4.78, 5) is 11.9. The first-order valence-corrected chi connectivity index (χ1v) is 6.71. The van der Waals surface area contributed by atoms with Gasteiger partial charge in [0.2, 0.25) is 5.91 Å². The van der Waals surface area contributed by atoms with Crippen LogP contribution in [0.5, 0.6) is 0 Å². The van der Waals surface area contributed by atoms with Crippen LogP contribution in [-0.4, -0.2) is 11.9 Å². The molecule has 2 heteroatoms. The highest BCUT2D eigenvalue weighted by Gasteiger charge is 2.23. The van der Waals surface area contributed by atoms with Gasteiger partial charge in [-0.2, -0.15) is 0 Å². The lowest BCUT2D eigenvalue weighted by Gasteiger charge is -2.29. The van der Waals surface area contributed by atoms with Crippen molar-refractivity contribution in [2.45, 2.75) is 57.9 Å². The zero-order valence-electron chi connectivity index (χ0n) is 10.2. The largest absolute Gasteiger partial charge is 0.353 e. The second kappa shape index (κ2) is 5.51. The first-order chi connectivity index (χ1) is 7.75. The number of rotatable bonds is 3. The SMILES string of the molecule is CC1CCCCC1NC(=O)CC1C=CCC1. The minimum Gasteiger partial charge on any atom is -0.353 e. The molecule has 16 heavy (non-hydrogen) atoms. The van der Waals surface area contributed by atoms with Crippen LogP contribution in [0.25, 0.3) is 0 Å². The molecule has 0 aliphatic heterocycles. The van der Waals surface area contributed by atoms with Gasteiger partial charge < -0.3 is 5.32 Å². The average molecular weight is 221 g/mol. The lowest BCUT2D eigenvalue weighted by molar-refractivity contribution is -0.123. The molecular weight excluding hydrogens is 198 g/mol. The predicted octanol–water partition coefficient (Wildman–Crippen LogP) is 3.04. The third-order valence-corrected chi connectivity index (χ3v) is 4.02. The van der Waals surface area contributed by atoms with Crippen molar-refractivity contribution in [2.75, 3.05) is 0 Å². The fourth-order valence-electron chi connectivity index (χ4n) is 2.90. The smallest absolute Gasteiger partial charge is 0.220 e. The van der Waals surface area contributed by atoms with E-state index in [9.17, 15) is 4.79 Å². The van der Waals surface area contributed by atoms with E-state index in [1.165, 1.54) is 25.7 Å². The van der Waals surface area contributed by atoms with Crippen molar-refractivity contribution in [3.8, 4) is 0 Å². The van der Waals surface area contributed by atoms with Gasteiger partial charge in [-0.1, -0.05) is 31.9 Å². The summed E-state index contributed by atoms with van der Waals surface area (Å²) in [5, 5.41) is 3.22. The fraction of sp³-hybridized carbons (Fsp3) is 0.786. The van der Waals surface area contributed by atoms with Crippen molar-refractivity contribution < 1.29 is 4.79 Å². The van der Waals surface area contributed by atoms with E-state index in [2.05, 4.69) is 24.4 Å². The molecule has 0 spiro atoms. The molecule has 2 aliphatic carbocycles. The Kier molecular flexibility index (Phi) is 4.03. The number of allylic oxidation sites excluding steroid dienone is 2. The van der Waals surface area contributed by atoms with Crippen LogP contribution in [0.3, 0.4) is 0 Å². The molecule has 3 unspecified atom stereocenters. The number of amides is 1. The van der Waals surface area contributed by atoms with Crippen molar-refractivity contribution in [2.24, 2.45) is 11.8 Å². The Morgan fingerprint density at radius 3 is 2.81 bits per heavy atom. The topological polar surface area (TPSA) is 29.1 Å². The maximum Gasteiger partial charge on any atom is 0.220 e. The average Bonchev–Trinajstić information content (AvgIpc) is 2.74. The molecule has 1 fully saturated rings. The fourth-order valence-corrected chi connectivity index (χ4v) is 2.90. The van der Waals surface area contributed by atoms with E-state index in [1.54, 1.807) is 0 Å². The first kappa shape index (κ1) is 11.7. The molecule has 0 aromatic heterocycles. The van der Waals surface area contributed by atoms with Crippen LogP contribution < -0.4 is 5.32 Å². The highest BCUT2D eigenvalue weighted by molar-refractivity contribution is 5.76. The third-order valence-electron chi connectivity index (χ3n) is 4.02. The number of carbonyl (C=O) groups is 1. The van der Waals surface area contributed by atoms with Crippen LogP contribution in [-0.2, 0) is 4.79 Å². The van der Waals surface area contributed by atoms with Gasteiger partial charge >= 0.3 is 0 Å². The van der Waals surface area contributed by atoms with Crippen molar-refractivity contribution in [3.63, 3.8) is 0 Å². The van der Waals surface area contributed by atoms with Gasteiger partial charge in [-0.05, 0) is 37.5 Å². The van der Waals surface area contributed by atoms with Crippen molar-refractivity contribution >= 4 is 5.91 Å². The Balaban J connectivity index is 1.75. The van der Waals surface area contributed by atoms with E-state index in [0.29, 0.717) is 24.3 Å². The van der Waals surface area contributed by atoms with Crippen LogP contribution in [0.2, 0.25) is 0 Å². The molecule has 0 bridgehead atoms. The Labute approximate surface area is 98.5 Å². The van der Waals surface area contributed by atoms with E-state index in [1.807, 2.05) is 0 Å². The van der Waals surface area contributed by atoms with E-state index < -0.39 is 0 Å². The van der Waals surface area contributed by atoms with E-state index in [4.69, 9.17) is 0 Å². The highest BCUT2D eigenvalue weighted by atomic mass is 16.1. The highest BCUT2D eigenvalue weighted by Crippen LogP contribution is 2.25. The molecule has 2 aliphatic rings. The summed E-state index contributed by atoms with van der Waals surface area (Å²) in [5.41, 5.74) is 0. The summed E-state index contributed by atoms with van der Waals surface area (Å²) in [6.45, 7) is 2.26. The molecule has 0 radical (unpaired) electrons. The van der Waals surface area contributed by atoms with Gasteiger partial charge in [-0.3, -0.25) is 4.79 Å². The zero-order valence-corrected chi connectivity index (χ0v) is 10.2. The van der Waals surface area contributed by atoms with Crippen molar-refractivity contribution in [3.05, 3.63) is 12.2 Å². The second-order valence-electron chi connectivity index (χ2n) is 5.41. The standard InChI is InChI=1S/C14H23NO/c1-11-6-2-5-9-13(11)15-14(16)10-12-7-3-4-8-12/h3,7,11-13H,2,4-6,8-10H2,1H3,(H,15,16). The summed E-state index contributed by atoms with van der Waals surface area (Å²) in [6, 6.07) is 0.437. The third kappa shape index (κ3) is 3.10. The molecule has 3 atom stereocenters. The molecule has 1 amide bonds. The van der Waals surface area contributed by atoms with Crippen LogP contribution >= 0.6 is 0 Å². The normalized spacial score (nSPS) is 33.9. The number of carbonyl (C=O) groups excluding carboxylic acids is 1. The Morgan fingerprint density at radius 2 is 2.12 bits per heavy atom. The molecule has 0 aromatic carbocycles. The first-order valence-electron chi connectivity index (χ1n) is 6.71. The van der Waals surface area contributed by atoms with Gasteiger partial charge in [0.15, 0.2) is 0 Å². The molecule has 1 saturated carbocycles. The molecule has 0 aromatic rings. The maximum absolute atomic E-state index is 11.9. The van der Waals surface area contributed by atoms with Gasteiger partial charge in [0.1, 0.15) is 0 Å². The van der Waals surface area contributed by atoms with Gasteiger partial charge in [0.25, 0.3) is 0 Å². The van der Waals surface area contributed by atoms with Crippen molar-refractivity contribution in [1.29, 1.82) is 0 Å². The zero-order chi connectivity index (χ0) is 11.4. The minimum atomic E-state index is 0.260. The number of nitrogens with one attached hydrogen (secondary N) is 1. The predicted molar refractivity (Wildman–Crippen MR) is 66.0 cm³/mol. The monoisotopic (exact) mass is 221 g/mol. The Bertz CT molecular complexity index is 272. The molecular formula is C14H23NO. The molecule has 0 saturated heterocycles. The minimum absolute atomic E-state index is 0.260. The summed E-state index contributed by atoms with van der Waals surface area (Å²) < 4.78 is 0. The lowest BCUT2D eigenvalue weighted by atomic mass is 9.86. The second-order valence-corrected chi connectivity index (χ2v) is 5.41. The van der Waals surface area contributed by atoms with Gasteiger partial charge in [0, 0.05) is 12.5 Å². The van der Waals surface area contributed by atoms with Crippen LogP contribution in [0.4, 0.5) is 0 Å². The molecule has 90 valence electrons. The van der Waals surface area contributed by atoms with Gasteiger partial charge in [0.05, 0.1) is 0 Å². The van der Waals surface area contributed by atoms with E-state index in [0.717, 1.165) is 12.8 Å².